The molecule has 1 atom stereocenters. The average Bonchev–Trinajstić information content (AvgIpc) is 2.29. The van der Waals surface area contributed by atoms with Gasteiger partial charge in [0.25, 0.3) is 0 Å². The van der Waals surface area contributed by atoms with Gasteiger partial charge in [-0.15, -0.1) is 0 Å². The molecular weight excluding hydrogens is 231 g/mol. The van der Waals surface area contributed by atoms with E-state index in [4.69, 9.17) is 4.74 Å². The van der Waals surface area contributed by atoms with E-state index >= 15 is 0 Å². The number of aliphatic hydroxyl groups is 1. The molecule has 0 radical (unpaired) electrons. The minimum absolute atomic E-state index is 0. The Kier molecular flexibility index (Phi) is 9.50. The Morgan fingerprint density at radius 1 is 1.38 bits per heavy atom. The standard InChI is InChI=1S/C12H15O3.K/c1-2-11(13)8-9-15-12(14)10-6-4-3-5-7-10;/h3-7,11,13H,1-2,8-9H2;/q-1;+1. The van der Waals surface area contributed by atoms with Crippen molar-refractivity contribution in [3.8, 4) is 0 Å². The molecule has 0 saturated heterocycles. The van der Waals surface area contributed by atoms with Gasteiger partial charge < -0.3 is 16.8 Å². The summed E-state index contributed by atoms with van der Waals surface area (Å²) in [5.41, 5.74) is 0.529. The number of hydrogen-bond acceptors (Lipinski definition) is 3. The molecule has 82 valence electrons. The van der Waals surface area contributed by atoms with Gasteiger partial charge in [-0.2, -0.15) is 6.42 Å². The fourth-order valence-electron chi connectivity index (χ4n) is 1.09. The number of carbonyl (C=O) groups excluding carboxylic acids is 1. The second kappa shape index (κ2) is 9.33. The molecule has 0 amide bonds. The molecule has 0 spiro atoms. The predicted octanol–water partition coefficient (Wildman–Crippen LogP) is -1.18. The summed E-state index contributed by atoms with van der Waals surface area (Å²) in [5.74, 6) is -0.355. The predicted molar refractivity (Wildman–Crippen MR) is 57.3 cm³/mol. The Morgan fingerprint density at radius 2 is 2.00 bits per heavy atom. The first-order valence-electron chi connectivity index (χ1n) is 4.93. The monoisotopic (exact) mass is 246 g/mol. The van der Waals surface area contributed by atoms with E-state index in [0.717, 1.165) is 0 Å². The van der Waals surface area contributed by atoms with Gasteiger partial charge >= 0.3 is 57.4 Å². The molecule has 16 heavy (non-hydrogen) atoms. The van der Waals surface area contributed by atoms with E-state index in [1.807, 2.05) is 6.07 Å². The van der Waals surface area contributed by atoms with Crippen LogP contribution in [-0.4, -0.2) is 23.8 Å². The summed E-state index contributed by atoms with van der Waals surface area (Å²) >= 11 is 0. The molecule has 0 aliphatic heterocycles. The van der Waals surface area contributed by atoms with Crippen LogP contribution in [0.3, 0.4) is 0 Å². The number of ether oxygens (including phenoxy) is 1. The van der Waals surface area contributed by atoms with E-state index in [-0.39, 0.29) is 64.0 Å². The normalized spacial score (nSPS) is 11.4. The van der Waals surface area contributed by atoms with Gasteiger partial charge in [-0.3, -0.25) is 0 Å². The van der Waals surface area contributed by atoms with E-state index in [2.05, 4.69) is 6.92 Å². The summed E-state index contributed by atoms with van der Waals surface area (Å²) in [6.07, 6.45) is 0.374. The molecule has 1 rings (SSSR count). The van der Waals surface area contributed by atoms with Crippen LogP contribution in [0.1, 0.15) is 23.2 Å². The van der Waals surface area contributed by atoms with Crippen LogP contribution in [0.4, 0.5) is 0 Å². The van der Waals surface area contributed by atoms with Crippen LogP contribution < -0.4 is 51.4 Å². The van der Waals surface area contributed by atoms with Crippen LogP contribution in [0.2, 0.25) is 0 Å². The maximum absolute atomic E-state index is 11.4. The fourth-order valence-corrected chi connectivity index (χ4v) is 1.09. The minimum Gasteiger partial charge on any atom is -0.462 e. The first-order valence-corrected chi connectivity index (χ1v) is 4.93. The van der Waals surface area contributed by atoms with Crippen LogP contribution >= 0.6 is 0 Å². The molecule has 1 N–H and O–H groups in total. The van der Waals surface area contributed by atoms with Crippen molar-refractivity contribution in [1.82, 2.24) is 0 Å². The van der Waals surface area contributed by atoms with Crippen molar-refractivity contribution in [1.29, 1.82) is 0 Å². The zero-order chi connectivity index (χ0) is 11.1. The van der Waals surface area contributed by atoms with Crippen molar-refractivity contribution in [2.45, 2.75) is 18.9 Å². The third-order valence-corrected chi connectivity index (χ3v) is 2.03. The maximum Gasteiger partial charge on any atom is 1.00 e. The molecule has 1 aromatic rings. The van der Waals surface area contributed by atoms with Crippen molar-refractivity contribution >= 4 is 5.97 Å². The number of carbonyl (C=O) groups is 1. The van der Waals surface area contributed by atoms with Gasteiger partial charge in [0.2, 0.25) is 0 Å². The Labute approximate surface area is 139 Å². The molecule has 0 bridgehead atoms. The van der Waals surface area contributed by atoms with Gasteiger partial charge in [-0.1, -0.05) is 18.2 Å². The summed E-state index contributed by atoms with van der Waals surface area (Å²) in [6, 6.07) is 8.78. The van der Waals surface area contributed by atoms with Gasteiger partial charge in [-0.05, 0) is 12.1 Å². The van der Waals surface area contributed by atoms with E-state index in [9.17, 15) is 9.90 Å². The van der Waals surface area contributed by atoms with E-state index in [1.165, 1.54) is 0 Å². The fraction of sp³-hybridized carbons (Fsp3) is 0.333. The van der Waals surface area contributed by atoms with E-state index in [1.54, 1.807) is 24.3 Å². The van der Waals surface area contributed by atoms with Crippen molar-refractivity contribution in [3.05, 3.63) is 42.8 Å². The molecule has 4 heteroatoms. The minimum atomic E-state index is -0.492. The van der Waals surface area contributed by atoms with Gasteiger partial charge in [0.05, 0.1) is 12.2 Å². The van der Waals surface area contributed by atoms with Gasteiger partial charge in [0, 0.05) is 12.5 Å². The van der Waals surface area contributed by atoms with E-state index < -0.39 is 6.10 Å². The molecule has 3 nitrogen and oxygen atoms in total. The number of rotatable bonds is 5. The Hall–Kier alpha value is 0.286. The van der Waals surface area contributed by atoms with Crippen LogP contribution in [-0.2, 0) is 4.74 Å². The van der Waals surface area contributed by atoms with Crippen molar-refractivity contribution in [2.24, 2.45) is 0 Å². The SMILES string of the molecule is [CH2-]CC(O)CCOC(=O)c1ccccc1.[K+]. The summed E-state index contributed by atoms with van der Waals surface area (Å²) in [4.78, 5) is 11.4. The van der Waals surface area contributed by atoms with Crippen molar-refractivity contribution in [3.63, 3.8) is 0 Å². The Morgan fingerprint density at radius 3 is 2.56 bits per heavy atom. The van der Waals surface area contributed by atoms with Gasteiger partial charge in [0.15, 0.2) is 0 Å². The molecule has 0 aliphatic rings. The molecule has 0 saturated carbocycles. The van der Waals surface area contributed by atoms with Crippen LogP contribution in [0.5, 0.6) is 0 Å². The first-order chi connectivity index (χ1) is 7.24. The van der Waals surface area contributed by atoms with Crippen LogP contribution in [0, 0.1) is 6.92 Å². The zero-order valence-corrected chi connectivity index (χ0v) is 12.7. The van der Waals surface area contributed by atoms with Crippen LogP contribution in [0.25, 0.3) is 0 Å². The third kappa shape index (κ3) is 6.13. The zero-order valence-electron chi connectivity index (χ0n) is 9.56. The smallest absolute Gasteiger partial charge is 0.462 e. The maximum atomic E-state index is 11.4. The number of hydrogen-bond donors (Lipinski definition) is 1. The number of esters is 1. The van der Waals surface area contributed by atoms with Crippen molar-refractivity contribution < 1.29 is 66.0 Å². The third-order valence-electron chi connectivity index (χ3n) is 2.03. The molecule has 1 aromatic carbocycles. The molecule has 1 unspecified atom stereocenters. The quantitative estimate of drug-likeness (QED) is 0.404. The Bertz CT molecular complexity index is 300. The summed E-state index contributed by atoms with van der Waals surface area (Å²) in [5, 5.41) is 9.19. The topological polar surface area (TPSA) is 46.5 Å². The second-order valence-electron chi connectivity index (χ2n) is 3.23. The number of benzene rings is 1. The molecule has 0 aliphatic carbocycles. The summed E-state index contributed by atoms with van der Waals surface area (Å²) in [7, 11) is 0. The molecule has 0 aromatic heterocycles. The summed E-state index contributed by atoms with van der Waals surface area (Å²) in [6.45, 7) is 3.78. The van der Waals surface area contributed by atoms with Gasteiger partial charge in [-0.25, -0.2) is 4.79 Å². The second-order valence-corrected chi connectivity index (χ2v) is 3.23. The largest absolute Gasteiger partial charge is 1.00 e. The average molecular weight is 246 g/mol. The molecule has 0 heterocycles. The Balaban J connectivity index is 0.00000225. The molecular formula is C12H15KO3. The molecule has 0 fully saturated rings. The number of aliphatic hydroxyl groups excluding tert-OH is 1. The van der Waals surface area contributed by atoms with Crippen LogP contribution in [0.15, 0.2) is 30.3 Å². The van der Waals surface area contributed by atoms with E-state index in [0.29, 0.717) is 18.4 Å². The van der Waals surface area contributed by atoms with Gasteiger partial charge in [0.1, 0.15) is 0 Å². The summed E-state index contributed by atoms with van der Waals surface area (Å²) < 4.78 is 4.97. The first kappa shape index (κ1) is 16.3. The van der Waals surface area contributed by atoms with Crippen molar-refractivity contribution in [2.75, 3.05) is 6.61 Å².